The Kier molecular flexibility index (Phi) is 3.76. The normalized spacial score (nSPS) is 24.5. The molecular weight excluding hydrogens is 316 g/mol. The highest BCUT2D eigenvalue weighted by Gasteiger charge is 2.39. The summed E-state index contributed by atoms with van der Waals surface area (Å²) in [5.41, 5.74) is 0.847. The Bertz CT molecular complexity index is 680. The van der Waals surface area contributed by atoms with Gasteiger partial charge in [0.25, 0.3) is 5.91 Å². The van der Waals surface area contributed by atoms with E-state index in [2.05, 4.69) is 11.1 Å². The molecule has 0 unspecified atom stereocenters. The Hall–Kier alpha value is -1.24. The van der Waals surface area contributed by atoms with Crippen LogP contribution in [0.15, 0.2) is 17.5 Å². The summed E-state index contributed by atoms with van der Waals surface area (Å²) in [6, 6.07) is 4.33. The van der Waals surface area contributed by atoms with Gasteiger partial charge in [0.05, 0.1) is 29.3 Å². The number of fused-ring (bicyclic) bond motifs is 1. The highest BCUT2D eigenvalue weighted by Crippen LogP contribution is 2.35. The molecule has 1 aliphatic heterocycles. The first-order chi connectivity index (χ1) is 10.7. The fraction of sp³-hybridized carbons (Fsp3) is 0.500. The van der Waals surface area contributed by atoms with Crippen LogP contribution in [0.5, 0.6) is 0 Å². The summed E-state index contributed by atoms with van der Waals surface area (Å²) >= 11 is 3.18. The van der Waals surface area contributed by atoms with Crippen molar-refractivity contribution in [2.75, 3.05) is 13.2 Å². The Morgan fingerprint density at radius 2 is 2.36 bits per heavy atom. The number of morpholine rings is 1. The fourth-order valence-electron chi connectivity index (χ4n) is 3.41. The number of aromatic nitrogens is 1. The van der Waals surface area contributed by atoms with Crippen molar-refractivity contribution in [3.8, 4) is 9.88 Å². The molecule has 2 aromatic rings. The minimum absolute atomic E-state index is 0.137. The summed E-state index contributed by atoms with van der Waals surface area (Å²) in [7, 11) is 0. The molecule has 1 aliphatic carbocycles. The molecule has 0 N–H and O–H groups in total. The van der Waals surface area contributed by atoms with Gasteiger partial charge >= 0.3 is 0 Å². The van der Waals surface area contributed by atoms with E-state index in [4.69, 9.17) is 4.74 Å². The molecule has 22 heavy (non-hydrogen) atoms. The molecule has 0 radical (unpaired) electrons. The molecule has 2 aromatic heterocycles. The van der Waals surface area contributed by atoms with Crippen LogP contribution in [-0.4, -0.2) is 41.1 Å². The van der Waals surface area contributed by atoms with Crippen LogP contribution >= 0.6 is 22.7 Å². The lowest BCUT2D eigenvalue weighted by molar-refractivity contribution is -0.0444. The lowest BCUT2D eigenvalue weighted by Gasteiger charge is -2.37. The Morgan fingerprint density at radius 3 is 3.18 bits per heavy atom. The topological polar surface area (TPSA) is 42.4 Å². The first-order valence-electron chi connectivity index (χ1n) is 7.68. The van der Waals surface area contributed by atoms with Crippen molar-refractivity contribution in [3.05, 3.63) is 28.1 Å². The lowest BCUT2D eigenvalue weighted by atomic mass is 10.1. The van der Waals surface area contributed by atoms with Crippen molar-refractivity contribution >= 4 is 28.6 Å². The van der Waals surface area contributed by atoms with Gasteiger partial charge in [-0.25, -0.2) is 4.98 Å². The van der Waals surface area contributed by atoms with E-state index in [0.717, 1.165) is 39.7 Å². The Balaban J connectivity index is 1.62. The van der Waals surface area contributed by atoms with Gasteiger partial charge in [0.1, 0.15) is 9.88 Å². The van der Waals surface area contributed by atoms with E-state index in [9.17, 15) is 4.79 Å². The third-order valence-electron chi connectivity index (χ3n) is 4.47. The second-order valence-electron chi connectivity index (χ2n) is 5.82. The average Bonchev–Trinajstić information content (AvgIpc) is 3.25. The number of ether oxygens (including phenoxy) is 1. The van der Waals surface area contributed by atoms with E-state index >= 15 is 0 Å². The van der Waals surface area contributed by atoms with Crippen LogP contribution in [0.3, 0.4) is 0 Å². The summed E-state index contributed by atoms with van der Waals surface area (Å²) in [5, 5.41) is 2.99. The maximum atomic E-state index is 13.0. The highest BCUT2D eigenvalue weighted by atomic mass is 32.1. The number of nitrogens with zero attached hydrogens (tertiary/aromatic N) is 2. The fourth-order valence-corrected chi connectivity index (χ4v) is 5.23. The van der Waals surface area contributed by atoms with E-state index in [1.807, 2.05) is 23.3 Å². The van der Waals surface area contributed by atoms with Crippen molar-refractivity contribution in [1.29, 1.82) is 0 Å². The maximum absolute atomic E-state index is 13.0. The molecule has 2 atom stereocenters. The number of rotatable bonds is 2. The molecule has 1 amide bonds. The highest BCUT2D eigenvalue weighted by molar-refractivity contribution is 7.22. The molecule has 4 nitrogen and oxygen atoms in total. The van der Waals surface area contributed by atoms with E-state index < -0.39 is 0 Å². The van der Waals surface area contributed by atoms with Gasteiger partial charge in [-0.1, -0.05) is 6.07 Å². The SMILES string of the molecule is Cc1nc(-c2cccs2)sc1C(=O)N1CCO[C@@H]2CCC[C@@H]21. The zero-order valence-corrected chi connectivity index (χ0v) is 14.1. The Morgan fingerprint density at radius 1 is 1.45 bits per heavy atom. The molecule has 0 spiro atoms. The molecule has 2 aliphatic rings. The molecule has 2 fully saturated rings. The quantitative estimate of drug-likeness (QED) is 0.843. The van der Waals surface area contributed by atoms with Gasteiger partial charge in [-0.05, 0) is 37.6 Å². The second-order valence-corrected chi connectivity index (χ2v) is 7.76. The van der Waals surface area contributed by atoms with Crippen molar-refractivity contribution in [1.82, 2.24) is 9.88 Å². The van der Waals surface area contributed by atoms with Crippen LogP contribution in [0.2, 0.25) is 0 Å². The van der Waals surface area contributed by atoms with Gasteiger partial charge in [-0.15, -0.1) is 22.7 Å². The van der Waals surface area contributed by atoms with Crippen LogP contribution < -0.4 is 0 Å². The monoisotopic (exact) mass is 334 g/mol. The third kappa shape index (κ3) is 2.39. The molecule has 116 valence electrons. The van der Waals surface area contributed by atoms with E-state index in [-0.39, 0.29) is 18.1 Å². The molecule has 3 heterocycles. The van der Waals surface area contributed by atoms with Gasteiger partial charge in [0, 0.05) is 6.54 Å². The van der Waals surface area contributed by atoms with E-state index in [1.165, 1.54) is 11.3 Å². The lowest BCUT2D eigenvalue weighted by Crippen LogP contribution is -2.51. The minimum Gasteiger partial charge on any atom is -0.374 e. The van der Waals surface area contributed by atoms with Crippen LogP contribution in [0.4, 0.5) is 0 Å². The minimum atomic E-state index is 0.137. The van der Waals surface area contributed by atoms with Crippen molar-refractivity contribution in [3.63, 3.8) is 0 Å². The molecule has 0 bridgehead atoms. The van der Waals surface area contributed by atoms with Crippen LogP contribution in [-0.2, 0) is 4.74 Å². The number of carbonyl (C=O) groups is 1. The number of amides is 1. The van der Waals surface area contributed by atoms with Gasteiger partial charge < -0.3 is 9.64 Å². The molecule has 0 aromatic carbocycles. The number of thiophene rings is 1. The standard InChI is InChI=1S/C16H18N2O2S2/c1-10-14(22-15(17-10)13-6-3-9-21-13)16(19)18-7-8-20-12-5-2-4-11(12)18/h3,6,9,11-12H,2,4-5,7-8H2,1H3/t11-,12+/m0/s1. The zero-order valence-electron chi connectivity index (χ0n) is 12.4. The van der Waals surface area contributed by atoms with Crippen LogP contribution in [0, 0.1) is 6.92 Å². The third-order valence-corrected chi connectivity index (χ3v) is 6.65. The number of hydrogen-bond acceptors (Lipinski definition) is 5. The number of carbonyl (C=O) groups excluding carboxylic acids is 1. The molecule has 1 saturated heterocycles. The van der Waals surface area contributed by atoms with Crippen molar-refractivity contribution in [2.24, 2.45) is 0 Å². The van der Waals surface area contributed by atoms with Crippen molar-refractivity contribution < 1.29 is 9.53 Å². The van der Waals surface area contributed by atoms with E-state index in [1.54, 1.807) is 11.3 Å². The molecule has 6 heteroatoms. The van der Waals surface area contributed by atoms with E-state index in [0.29, 0.717) is 13.2 Å². The summed E-state index contributed by atoms with van der Waals surface area (Å²) in [6.07, 6.45) is 3.53. The summed E-state index contributed by atoms with van der Waals surface area (Å²) in [4.78, 5) is 21.5. The summed E-state index contributed by atoms with van der Waals surface area (Å²) < 4.78 is 5.81. The van der Waals surface area contributed by atoms with Gasteiger partial charge in [0.15, 0.2) is 0 Å². The first-order valence-corrected chi connectivity index (χ1v) is 9.37. The van der Waals surface area contributed by atoms with Gasteiger partial charge in [-0.2, -0.15) is 0 Å². The molecule has 1 saturated carbocycles. The predicted octanol–water partition coefficient (Wildman–Crippen LogP) is 3.57. The number of thiazole rings is 1. The molecule has 4 rings (SSSR count). The maximum Gasteiger partial charge on any atom is 0.266 e. The van der Waals surface area contributed by atoms with Crippen LogP contribution in [0.1, 0.15) is 34.6 Å². The van der Waals surface area contributed by atoms with Gasteiger partial charge in [-0.3, -0.25) is 4.79 Å². The summed E-state index contributed by atoms with van der Waals surface area (Å²) in [6.45, 7) is 3.29. The van der Waals surface area contributed by atoms with Gasteiger partial charge in [0.2, 0.25) is 0 Å². The Labute approximate surface area is 137 Å². The second kappa shape index (κ2) is 5.76. The predicted molar refractivity (Wildman–Crippen MR) is 88.6 cm³/mol. The number of hydrogen-bond donors (Lipinski definition) is 0. The van der Waals surface area contributed by atoms with Crippen molar-refractivity contribution in [2.45, 2.75) is 38.3 Å². The average molecular weight is 334 g/mol. The molecular formula is C16H18N2O2S2. The van der Waals surface area contributed by atoms with Crippen LogP contribution in [0.25, 0.3) is 9.88 Å². The summed E-state index contributed by atoms with van der Waals surface area (Å²) in [5.74, 6) is 0.137. The largest absolute Gasteiger partial charge is 0.374 e. The first kappa shape index (κ1) is 14.4. The zero-order chi connectivity index (χ0) is 15.1. The number of aryl methyl sites for hydroxylation is 1. The smallest absolute Gasteiger partial charge is 0.266 e.